The molecule has 4 aromatic rings. The molecule has 2 aromatic carbocycles. The zero-order chi connectivity index (χ0) is 24.6. The molecule has 0 spiro atoms. The van der Waals surface area contributed by atoms with Gasteiger partial charge in [-0.15, -0.1) is 0 Å². The molecule has 6 nitrogen and oxygen atoms in total. The maximum atomic E-state index is 14.4. The van der Waals surface area contributed by atoms with Crippen molar-refractivity contribution in [2.75, 3.05) is 5.32 Å². The molecule has 0 bridgehead atoms. The highest BCUT2D eigenvalue weighted by atomic mass is 19.1. The van der Waals surface area contributed by atoms with E-state index in [1.165, 1.54) is 47.4 Å². The Hall–Kier alpha value is -4.13. The lowest BCUT2D eigenvalue weighted by Gasteiger charge is -2.16. The first-order valence-electron chi connectivity index (χ1n) is 10.8. The molecule has 0 fully saturated rings. The summed E-state index contributed by atoms with van der Waals surface area (Å²) < 4.78 is 15.9. The van der Waals surface area contributed by atoms with Crippen molar-refractivity contribution < 1.29 is 14.0 Å². The number of benzene rings is 2. The molecule has 4 rings (SSSR count). The second-order valence-electron chi connectivity index (χ2n) is 8.51. The Morgan fingerprint density at radius 2 is 1.62 bits per heavy atom. The van der Waals surface area contributed by atoms with E-state index in [9.17, 15) is 18.8 Å². The van der Waals surface area contributed by atoms with E-state index in [4.69, 9.17) is 0 Å². The van der Waals surface area contributed by atoms with Gasteiger partial charge in [0.1, 0.15) is 12.4 Å². The van der Waals surface area contributed by atoms with Gasteiger partial charge in [0.15, 0.2) is 5.78 Å². The summed E-state index contributed by atoms with van der Waals surface area (Å²) in [4.78, 5) is 43.2. The van der Waals surface area contributed by atoms with E-state index in [0.29, 0.717) is 11.3 Å². The minimum Gasteiger partial charge on any atom is -0.337 e. The molecular weight excluding hydrogens is 433 g/mol. The Kier molecular flexibility index (Phi) is 6.11. The van der Waals surface area contributed by atoms with Crippen LogP contribution in [0.5, 0.6) is 0 Å². The summed E-state index contributed by atoms with van der Waals surface area (Å²) in [6.45, 7) is 7.15. The summed E-state index contributed by atoms with van der Waals surface area (Å²) in [5.74, 6) is -1.35. The number of carbonyl (C=O) groups excluding carboxylic acids is 2. The molecule has 0 aliphatic carbocycles. The molecule has 0 saturated heterocycles. The molecule has 0 aliphatic heterocycles. The number of hydrogen-bond acceptors (Lipinski definition) is 4. The van der Waals surface area contributed by atoms with Gasteiger partial charge in [-0.05, 0) is 68.7 Å². The summed E-state index contributed by atoms with van der Waals surface area (Å²) in [6, 6.07) is 9.62. The summed E-state index contributed by atoms with van der Waals surface area (Å²) in [6.07, 6.45) is 4.26. The number of rotatable bonds is 5. The second kappa shape index (κ2) is 9.02. The van der Waals surface area contributed by atoms with E-state index in [1.54, 1.807) is 6.92 Å². The fourth-order valence-electron chi connectivity index (χ4n) is 4.18. The molecule has 1 N–H and O–H groups in total. The number of nitrogens with zero attached hydrogens (tertiary/aromatic N) is 2. The number of amides is 1. The molecule has 0 saturated carbocycles. The highest BCUT2D eigenvalue weighted by Crippen LogP contribution is 2.23. The number of halogens is 1. The van der Waals surface area contributed by atoms with Gasteiger partial charge in [-0.2, -0.15) is 0 Å². The van der Waals surface area contributed by atoms with Crippen molar-refractivity contribution in [2.24, 2.45) is 0 Å². The average molecular weight is 458 g/mol. The van der Waals surface area contributed by atoms with Gasteiger partial charge in [0.2, 0.25) is 11.3 Å². The van der Waals surface area contributed by atoms with Crippen LogP contribution in [0.3, 0.4) is 0 Å². The number of aryl methyl sites for hydroxylation is 4. The van der Waals surface area contributed by atoms with Gasteiger partial charge >= 0.3 is 0 Å². The normalized spacial score (nSPS) is 11.0. The highest BCUT2D eigenvalue weighted by molar-refractivity contribution is 6.10. The molecule has 172 valence electrons. The first-order valence-corrected chi connectivity index (χ1v) is 10.8. The Labute approximate surface area is 196 Å². The van der Waals surface area contributed by atoms with Crippen molar-refractivity contribution in [2.45, 2.75) is 34.2 Å². The summed E-state index contributed by atoms with van der Waals surface area (Å²) in [5, 5.41) is 3.09. The average Bonchev–Trinajstić information content (AvgIpc) is 2.79. The Balaban J connectivity index is 1.80. The zero-order valence-electron chi connectivity index (χ0n) is 19.4. The third-order valence-corrected chi connectivity index (χ3v) is 5.80. The van der Waals surface area contributed by atoms with E-state index < -0.39 is 17.0 Å². The standard InChI is InChI=1S/C27H24FN3O3/c1-15-9-17(3)25(18(4)10-15)30-24(32)14-31-13-21(26(33)19-5-7-29-8-6-19)27(34)20-11-16(2)22(28)12-23(20)31/h5-13H,14H2,1-4H3,(H,30,32). The van der Waals surface area contributed by atoms with Crippen LogP contribution in [0.2, 0.25) is 0 Å². The third kappa shape index (κ3) is 4.37. The van der Waals surface area contributed by atoms with E-state index in [2.05, 4.69) is 10.3 Å². The number of carbonyl (C=O) groups is 2. The van der Waals surface area contributed by atoms with Gasteiger partial charge < -0.3 is 9.88 Å². The lowest BCUT2D eigenvalue weighted by atomic mass is 10.0. The number of aromatic nitrogens is 2. The minimum absolute atomic E-state index is 0.0970. The number of hydrogen-bond donors (Lipinski definition) is 1. The number of ketones is 1. The van der Waals surface area contributed by atoms with Crippen LogP contribution in [0.25, 0.3) is 10.9 Å². The van der Waals surface area contributed by atoms with Gasteiger partial charge in [-0.1, -0.05) is 17.7 Å². The first-order chi connectivity index (χ1) is 16.2. The predicted molar refractivity (Wildman–Crippen MR) is 130 cm³/mol. The number of anilines is 1. The van der Waals surface area contributed by atoms with Gasteiger partial charge in [0.25, 0.3) is 0 Å². The van der Waals surface area contributed by atoms with Crippen molar-refractivity contribution in [3.05, 3.63) is 104 Å². The Morgan fingerprint density at radius 3 is 2.26 bits per heavy atom. The van der Waals surface area contributed by atoms with Crippen molar-refractivity contribution in [1.29, 1.82) is 0 Å². The SMILES string of the molecule is Cc1cc(C)c(NC(=O)Cn2cc(C(=O)c3ccncc3)c(=O)c3cc(C)c(F)cc32)c(C)c1. The van der Waals surface area contributed by atoms with Gasteiger partial charge in [-0.25, -0.2) is 4.39 Å². The highest BCUT2D eigenvalue weighted by Gasteiger charge is 2.20. The quantitative estimate of drug-likeness (QED) is 0.443. The van der Waals surface area contributed by atoms with Crippen molar-refractivity contribution in [3.63, 3.8) is 0 Å². The lowest BCUT2D eigenvalue weighted by molar-refractivity contribution is -0.116. The predicted octanol–water partition coefficient (Wildman–Crippen LogP) is 4.64. The molecule has 34 heavy (non-hydrogen) atoms. The Morgan fingerprint density at radius 1 is 0.971 bits per heavy atom. The van der Waals surface area contributed by atoms with Crippen LogP contribution in [0, 0.1) is 33.5 Å². The topological polar surface area (TPSA) is 81.1 Å². The summed E-state index contributed by atoms with van der Waals surface area (Å²) >= 11 is 0. The van der Waals surface area contributed by atoms with E-state index in [-0.39, 0.29) is 34.5 Å². The maximum Gasteiger partial charge on any atom is 0.244 e. The molecular formula is C27H24FN3O3. The van der Waals surface area contributed by atoms with Gasteiger partial charge in [0.05, 0.1) is 11.1 Å². The monoisotopic (exact) mass is 457 g/mol. The van der Waals surface area contributed by atoms with E-state index in [1.807, 2.05) is 32.9 Å². The maximum absolute atomic E-state index is 14.4. The molecule has 0 atom stereocenters. The molecule has 2 heterocycles. The van der Waals surface area contributed by atoms with Crippen LogP contribution in [-0.4, -0.2) is 21.2 Å². The zero-order valence-corrected chi connectivity index (χ0v) is 19.4. The fourth-order valence-corrected chi connectivity index (χ4v) is 4.18. The van der Waals surface area contributed by atoms with Crippen molar-refractivity contribution in [1.82, 2.24) is 9.55 Å². The Bertz CT molecular complexity index is 1480. The van der Waals surface area contributed by atoms with Crippen molar-refractivity contribution >= 4 is 28.3 Å². The molecule has 1 amide bonds. The van der Waals surface area contributed by atoms with Crippen molar-refractivity contribution in [3.8, 4) is 0 Å². The van der Waals surface area contributed by atoms with Crippen LogP contribution in [0.15, 0.2) is 59.8 Å². The van der Waals surface area contributed by atoms with E-state index >= 15 is 0 Å². The molecule has 0 radical (unpaired) electrons. The van der Waals surface area contributed by atoms with Crippen LogP contribution < -0.4 is 10.7 Å². The van der Waals surface area contributed by atoms with Crippen LogP contribution >= 0.6 is 0 Å². The van der Waals surface area contributed by atoms with Crippen LogP contribution in [0.1, 0.15) is 38.2 Å². The fraction of sp³-hybridized carbons (Fsp3) is 0.185. The number of fused-ring (bicyclic) bond motifs is 1. The second-order valence-corrected chi connectivity index (χ2v) is 8.51. The first kappa shape index (κ1) is 23.0. The largest absolute Gasteiger partial charge is 0.337 e. The summed E-state index contributed by atoms with van der Waals surface area (Å²) in [5.41, 5.74) is 3.85. The lowest BCUT2D eigenvalue weighted by Crippen LogP contribution is -2.25. The molecule has 0 aliphatic rings. The number of nitrogens with one attached hydrogen (secondary N) is 1. The molecule has 2 aromatic heterocycles. The van der Waals surface area contributed by atoms with Crippen LogP contribution in [-0.2, 0) is 11.3 Å². The molecule has 7 heteroatoms. The third-order valence-electron chi connectivity index (χ3n) is 5.80. The van der Waals surface area contributed by atoms with Gasteiger partial charge in [-0.3, -0.25) is 19.4 Å². The van der Waals surface area contributed by atoms with Gasteiger partial charge in [0, 0.05) is 35.2 Å². The summed E-state index contributed by atoms with van der Waals surface area (Å²) in [7, 11) is 0. The molecule has 0 unspecified atom stereocenters. The van der Waals surface area contributed by atoms with Crippen LogP contribution in [0.4, 0.5) is 10.1 Å². The smallest absolute Gasteiger partial charge is 0.244 e. The minimum atomic E-state index is -0.512. The van der Waals surface area contributed by atoms with E-state index in [0.717, 1.165) is 16.7 Å². The number of pyridine rings is 2.